The summed E-state index contributed by atoms with van der Waals surface area (Å²) in [6, 6.07) is 7.95. The third-order valence-electron chi connectivity index (χ3n) is 2.76. The third kappa shape index (κ3) is 3.29. The molecule has 0 saturated heterocycles. The van der Waals surface area contributed by atoms with Gasteiger partial charge in [0.1, 0.15) is 0 Å². The van der Waals surface area contributed by atoms with Gasteiger partial charge in [-0.1, -0.05) is 11.6 Å². The van der Waals surface area contributed by atoms with Gasteiger partial charge in [0.15, 0.2) is 0 Å². The monoisotopic (exact) mass is 354 g/mol. The number of pyridine rings is 1. The molecule has 104 valence electrons. The minimum absolute atomic E-state index is 0.0989. The Morgan fingerprint density at radius 2 is 2.10 bits per heavy atom. The molecule has 4 nitrogen and oxygen atoms in total. The van der Waals surface area contributed by atoms with Crippen molar-refractivity contribution >= 4 is 39.1 Å². The van der Waals surface area contributed by atoms with Crippen LogP contribution >= 0.6 is 27.5 Å². The molecule has 0 saturated carbocycles. The second-order valence-electron chi connectivity index (χ2n) is 4.12. The quantitative estimate of drug-likeness (QED) is 0.915. The average Bonchev–Trinajstić information content (AvgIpc) is 2.40. The van der Waals surface area contributed by atoms with Crippen molar-refractivity contribution in [1.29, 1.82) is 0 Å². The second-order valence-corrected chi connectivity index (χ2v) is 5.41. The van der Waals surface area contributed by atoms with E-state index in [-0.39, 0.29) is 11.5 Å². The zero-order chi connectivity index (χ0) is 14.7. The summed E-state index contributed by atoms with van der Waals surface area (Å²) >= 11 is 9.14. The van der Waals surface area contributed by atoms with Crippen LogP contribution < -0.4 is 10.9 Å². The van der Waals surface area contributed by atoms with Crippen LogP contribution in [0.3, 0.4) is 0 Å². The van der Waals surface area contributed by atoms with E-state index in [1.807, 2.05) is 6.92 Å². The summed E-state index contributed by atoms with van der Waals surface area (Å²) < 4.78 is 2.14. The van der Waals surface area contributed by atoms with Crippen LogP contribution in [0.2, 0.25) is 5.02 Å². The summed E-state index contributed by atoms with van der Waals surface area (Å²) in [7, 11) is 0. The third-order valence-corrected chi connectivity index (χ3v) is 3.65. The minimum atomic E-state index is -0.269. The van der Waals surface area contributed by atoms with Crippen molar-refractivity contribution in [2.24, 2.45) is 0 Å². The molecule has 0 aliphatic rings. The zero-order valence-corrected chi connectivity index (χ0v) is 13.0. The Hall–Kier alpha value is -1.59. The van der Waals surface area contributed by atoms with Crippen molar-refractivity contribution < 1.29 is 4.79 Å². The normalized spacial score (nSPS) is 10.3. The molecular weight excluding hydrogens is 344 g/mol. The maximum absolute atomic E-state index is 12.2. The fourth-order valence-corrected chi connectivity index (χ4v) is 2.59. The Bertz CT molecular complexity index is 713. The van der Waals surface area contributed by atoms with Gasteiger partial charge in [-0.15, -0.1) is 0 Å². The van der Waals surface area contributed by atoms with Crippen molar-refractivity contribution in [3.05, 3.63) is 61.9 Å². The summed E-state index contributed by atoms with van der Waals surface area (Å²) in [5.74, 6) is -0.269. The van der Waals surface area contributed by atoms with Crippen LogP contribution in [0.5, 0.6) is 0 Å². The molecule has 2 aromatic rings. The van der Waals surface area contributed by atoms with Crippen LogP contribution in [0.1, 0.15) is 17.3 Å². The Morgan fingerprint density at radius 3 is 2.75 bits per heavy atom. The lowest BCUT2D eigenvalue weighted by Crippen LogP contribution is -2.20. The highest BCUT2D eigenvalue weighted by Gasteiger charge is 2.11. The van der Waals surface area contributed by atoms with Gasteiger partial charge < -0.3 is 9.88 Å². The van der Waals surface area contributed by atoms with Gasteiger partial charge in [0.25, 0.3) is 11.5 Å². The van der Waals surface area contributed by atoms with Gasteiger partial charge in [-0.25, -0.2) is 0 Å². The highest BCUT2D eigenvalue weighted by molar-refractivity contribution is 9.10. The van der Waals surface area contributed by atoms with Gasteiger partial charge in [0.05, 0.1) is 11.3 Å². The molecule has 20 heavy (non-hydrogen) atoms. The molecule has 0 spiro atoms. The molecular formula is C14H12BrClN2O2. The molecule has 0 bridgehead atoms. The number of hydrogen-bond donors (Lipinski definition) is 1. The molecule has 1 N–H and O–H groups in total. The van der Waals surface area contributed by atoms with Crippen LogP contribution in [-0.4, -0.2) is 10.5 Å². The Kier molecular flexibility index (Phi) is 4.62. The van der Waals surface area contributed by atoms with Crippen molar-refractivity contribution in [3.8, 4) is 0 Å². The predicted molar refractivity (Wildman–Crippen MR) is 83.5 cm³/mol. The summed E-state index contributed by atoms with van der Waals surface area (Å²) in [5.41, 5.74) is 0.945. The van der Waals surface area contributed by atoms with Crippen LogP contribution in [0.4, 0.5) is 5.69 Å². The molecule has 0 fully saturated rings. The standard InChI is InChI=1S/C14H12BrClN2O2/c1-2-18-8-10(4-6-13(18)19)17-14(20)11-5-3-9(16)7-12(11)15/h3-8H,2H2,1H3,(H,17,20). The molecule has 0 aliphatic heterocycles. The number of amides is 1. The summed E-state index contributed by atoms with van der Waals surface area (Å²) in [6.07, 6.45) is 1.62. The lowest BCUT2D eigenvalue weighted by atomic mass is 10.2. The van der Waals surface area contributed by atoms with E-state index >= 15 is 0 Å². The van der Waals surface area contributed by atoms with Crippen LogP contribution in [0, 0.1) is 0 Å². The number of aromatic nitrogens is 1. The van der Waals surface area contributed by atoms with E-state index in [4.69, 9.17) is 11.6 Å². The first-order valence-electron chi connectivity index (χ1n) is 5.98. The van der Waals surface area contributed by atoms with Crippen LogP contribution in [-0.2, 0) is 6.54 Å². The lowest BCUT2D eigenvalue weighted by molar-refractivity contribution is 0.102. The number of anilines is 1. The average molecular weight is 356 g/mol. The van der Waals surface area contributed by atoms with Gasteiger partial charge in [-0.2, -0.15) is 0 Å². The van der Waals surface area contributed by atoms with Gasteiger partial charge >= 0.3 is 0 Å². The number of nitrogens with one attached hydrogen (secondary N) is 1. The second kappa shape index (κ2) is 6.24. The van der Waals surface area contributed by atoms with E-state index < -0.39 is 0 Å². The largest absolute Gasteiger partial charge is 0.321 e. The highest BCUT2D eigenvalue weighted by atomic mass is 79.9. The topological polar surface area (TPSA) is 51.1 Å². The maximum atomic E-state index is 12.2. The number of nitrogens with zero attached hydrogens (tertiary/aromatic N) is 1. The maximum Gasteiger partial charge on any atom is 0.256 e. The number of aryl methyl sites for hydroxylation is 1. The number of halogens is 2. The molecule has 0 aliphatic carbocycles. The molecule has 6 heteroatoms. The lowest BCUT2D eigenvalue weighted by Gasteiger charge is -2.09. The number of benzene rings is 1. The van der Waals surface area contributed by atoms with E-state index in [9.17, 15) is 9.59 Å². The number of rotatable bonds is 3. The minimum Gasteiger partial charge on any atom is -0.321 e. The number of carbonyl (C=O) groups excluding carboxylic acids is 1. The molecule has 0 radical (unpaired) electrons. The molecule has 0 atom stereocenters. The number of hydrogen-bond acceptors (Lipinski definition) is 2. The summed E-state index contributed by atoms with van der Waals surface area (Å²) in [6.45, 7) is 2.41. The first-order chi connectivity index (χ1) is 9.51. The fraction of sp³-hybridized carbons (Fsp3) is 0.143. The van der Waals surface area contributed by atoms with Crippen molar-refractivity contribution in [2.75, 3.05) is 5.32 Å². The summed E-state index contributed by atoms with van der Waals surface area (Å²) in [5, 5.41) is 3.30. The molecule has 1 aromatic heterocycles. The molecule has 2 rings (SSSR count). The van der Waals surface area contributed by atoms with Crippen molar-refractivity contribution in [2.45, 2.75) is 13.5 Å². The van der Waals surface area contributed by atoms with Crippen molar-refractivity contribution in [1.82, 2.24) is 4.57 Å². The van der Waals surface area contributed by atoms with E-state index in [0.29, 0.717) is 27.3 Å². The predicted octanol–water partition coefficient (Wildman–Crippen LogP) is 3.54. The van der Waals surface area contributed by atoms with Crippen LogP contribution in [0.25, 0.3) is 0 Å². The molecule has 1 aromatic carbocycles. The zero-order valence-electron chi connectivity index (χ0n) is 10.7. The van der Waals surface area contributed by atoms with E-state index in [2.05, 4.69) is 21.2 Å². The molecule has 1 amide bonds. The van der Waals surface area contributed by atoms with Gasteiger partial charge in [-0.3, -0.25) is 9.59 Å². The van der Waals surface area contributed by atoms with Gasteiger partial charge in [-0.05, 0) is 47.1 Å². The molecule has 1 heterocycles. The molecule has 0 unspecified atom stereocenters. The Morgan fingerprint density at radius 1 is 1.35 bits per heavy atom. The van der Waals surface area contributed by atoms with E-state index in [1.165, 1.54) is 10.6 Å². The van der Waals surface area contributed by atoms with E-state index in [0.717, 1.165) is 0 Å². The fourth-order valence-electron chi connectivity index (χ4n) is 1.72. The van der Waals surface area contributed by atoms with Crippen molar-refractivity contribution in [3.63, 3.8) is 0 Å². The number of carbonyl (C=O) groups is 1. The van der Waals surface area contributed by atoms with Gasteiger partial charge in [0.2, 0.25) is 0 Å². The summed E-state index contributed by atoms with van der Waals surface area (Å²) in [4.78, 5) is 23.6. The highest BCUT2D eigenvalue weighted by Crippen LogP contribution is 2.22. The smallest absolute Gasteiger partial charge is 0.256 e. The first kappa shape index (κ1) is 14.8. The Labute approximate surface area is 129 Å². The van der Waals surface area contributed by atoms with Crippen LogP contribution in [0.15, 0.2) is 45.8 Å². The first-order valence-corrected chi connectivity index (χ1v) is 7.15. The SMILES string of the molecule is CCn1cc(NC(=O)c2ccc(Cl)cc2Br)ccc1=O. The van der Waals surface area contributed by atoms with E-state index in [1.54, 1.807) is 30.5 Å². The Balaban J connectivity index is 2.25. The van der Waals surface area contributed by atoms with Gasteiger partial charge in [0, 0.05) is 28.3 Å².